The number of hydrogen-bond acceptors (Lipinski definition) is 2. The van der Waals surface area contributed by atoms with E-state index in [2.05, 4.69) is 21.2 Å². The summed E-state index contributed by atoms with van der Waals surface area (Å²) in [6.45, 7) is 0. The van der Waals surface area contributed by atoms with Crippen molar-refractivity contribution < 1.29 is 4.39 Å². The van der Waals surface area contributed by atoms with Gasteiger partial charge in [-0.15, -0.1) is 0 Å². The molecule has 2 nitrogen and oxygen atoms in total. The topological polar surface area (TPSA) is 38.0 Å². The molecule has 0 amide bonds. The first kappa shape index (κ1) is 13.0. The quantitative estimate of drug-likeness (QED) is 0.839. The summed E-state index contributed by atoms with van der Waals surface area (Å²) >= 11 is 8.34. The minimum absolute atomic E-state index is 0.261. The predicted octanol–water partition coefficient (Wildman–Crippen LogP) is 3.97. The fraction of sp³-hybridized carbons (Fsp3) is 0. The first-order chi connectivity index (χ1) is 8.56. The maximum atomic E-state index is 12.8. The maximum Gasteiger partial charge on any atom is 0.123 e. The van der Waals surface area contributed by atoms with Gasteiger partial charge in [-0.3, -0.25) is 0 Å². The summed E-state index contributed by atoms with van der Waals surface area (Å²) in [7, 11) is 0. The molecule has 0 aliphatic heterocycles. The van der Waals surface area contributed by atoms with E-state index in [9.17, 15) is 4.39 Å². The third kappa shape index (κ3) is 3.05. The lowest BCUT2D eigenvalue weighted by Crippen LogP contribution is -2.09. The van der Waals surface area contributed by atoms with Crippen molar-refractivity contribution in [1.29, 1.82) is 0 Å². The molecule has 18 heavy (non-hydrogen) atoms. The van der Waals surface area contributed by atoms with Crippen LogP contribution in [0, 0.1) is 5.82 Å². The van der Waals surface area contributed by atoms with E-state index in [0.29, 0.717) is 4.99 Å². The van der Waals surface area contributed by atoms with Crippen LogP contribution < -0.4 is 11.1 Å². The minimum Gasteiger partial charge on any atom is -0.389 e. The third-order valence-electron chi connectivity index (χ3n) is 2.38. The van der Waals surface area contributed by atoms with Crippen LogP contribution in [-0.2, 0) is 0 Å². The van der Waals surface area contributed by atoms with Gasteiger partial charge < -0.3 is 11.1 Å². The predicted molar refractivity (Wildman–Crippen MR) is 79.7 cm³/mol. The SMILES string of the molecule is NC(=S)c1ccc(Nc2ccc(F)cc2)c(Br)c1. The van der Waals surface area contributed by atoms with Crippen LogP contribution in [0.25, 0.3) is 0 Å². The van der Waals surface area contributed by atoms with Gasteiger partial charge >= 0.3 is 0 Å². The van der Waals surface area contributed by atoms with Gasteiger partial charge in [0, 0.05) is 15.7 Å². The van der Waals surface area contributed by atoms with Gasteiger partial charge in [0.15, 0.2) is 0 Å². The van der Waals surface area contributed by atoms with Crippen LogP contribution in [0.4, 0.5) is 15.8 Å². The molecule has 0 aromatic heterocycles. The van der Waals surface area contributed by atoms with E-state index in [-0.39, 0.29) is 5.82 Å². The molecule has 0 atom stereocenters. The number of nitrogens with two attached hydrogens (primary N) is 1. The van der Waals surface area contributed by atoms with Crippen molar-refractivity contribution in [3.8, 4) is 0 Å². The van der Waals surface area contributed by atoms with Crippen molar-refractivity contribution >= 4 is 44.5 Å². The van der Waals surface area contributed by atoms with Crippen LogP contribution in [-0.4, -0.2) is 4.99 Å². The second kappa shape index (κ2) is 5.46. The van der Waals surface area contributed by atoms with Crippen molar-refractivity contribution in [2.24, 2.45) is 5.73 Å². The Morgan fingerprint density at radius 3 is 2.39 bits per heavy atom. The molecule has 0 radical (unpaired) electrons. The van der Waals surface area contributed by atoms with Gasteiger partial charge in [-0.1, -0.05) is 12.2 Å². The average molecular weight is 325 g/mol. The summed E-state index contributed by atoms with van der Waals surface area (Å²) in [6.07, 6.45) is 0. The lowest BCUT2D eigenvalue weighted by molar-refractivity contribution is 0.628. The van der Waals surface area contributed by atoms with E-state index < -0.39 is 0 Å². The summed E-state index contributed by atoms with van der Waals surface area (Å²) in [5.41, 5.74) is 8.01. The minimum atomic E-state index is -0.261. The van der Waals surface area contributed by atoms with E-state index in [4.69, 9.17) is 18.0 Å². The number of nitrogens with one attached hydrogen (secondary N) is 1. The van der Waals surface area contributed by atoms with Crippen LogP contribution in [0.3, 0.4) is 0 Å². The number of rotatable bonds is 3. The Hall–Kier alpha value is -1.46. The molecule has 5 heteroatoms. The molecule has 3 N–H and O–H groups in total. The van der Waals surface area contributed by atoms with Crippen molar-refractivity contribution in [2.75, 3.05) is 5.32 Å². The number of anilines is 2. The fourth-order valence-corrected chi connectivity index (χ4v) is 2.06. The number of halogens is 2. The smallest absolute Gasteiger partial charge is 0.123 e. The van der Waals surface area contributed by atoms with E-state index in [1.165, 1.54) is 12.1 Å². The highest BCUT2D eigenvalue weighted by molar-refractivity contribution is 9.10. The molecule has 0 fully saturated rings. The summed E-state index contributed by atoms with van der Waals surface area (Å²) < 4.78 is 13.6. The highest BCUT2D eigenvalue weighted by atomic mass is 79.9. The molecule has 0 saturated carbocycles. The van der Waals surface area contributed by atoms with Gasteiger partial charge in [0.05, 0.1) is 5.69 Å². The molecule has 0 spiro atoms. The third-order valence-corrected chi connectivity index (χ3v) is 3.27. The molecule has 0 heterocycles. The second-order valence-corrected chi connectivity index (χ2v) is 4.98. The fourth-order valence-electron chi connectivity index (χ4n) is 1.46. The number of hydrogen-bond donors (Lipinski definition) is 2. The van der Waals surface area contributed by atoms with Gasteiger partial charge in [-0.2, -0.15) is 0 Å². The monoisotopic (exact) mass is 324 g/mol. The van der Waals surface area contributed by atoms with Crippen LogP contribution in [0.5, 0.6) is 0 Å². The maximum absolute atomic E-state index is 12.8. The van der Waals surface area contributed by atoms with E-state index in [0.717, 1.165) is 21.4 Å². The van der Waals surface area contributed by atoms with Crippen molar-refractivity contribution in [2.45, 2.75) is 0 Å². The molecule has 0 aliphatic carbocycles. The Morgan fingerprint density at radius 1 is 1.17 bits per heavy atom. The standard InChI is InChI=1S/C13H10BrFN2S/c14-11-7-8(13(16)18)1-6-12(11)17-10-4-2-9(15)3-5-10/h1-7,17H,(H2,16,18). The molecule has 92 valence electrons. The van der Waals surface area contributed by atoms with Gasteiger partial charge in [-0.05, 0) is 58.4 Å². The second-order valence-electron chi connectivity index (χ2n) is 3.69. The summed E-state index contributed by atoms with van der Waals surface area (Å²) in [4.78, 5) is 0.351. The summed E-state index contributed by atoms with van der Waals surface area (Å²) in [5, 5.41) is 3.17. The Bertz CT molecular complexity index is 584. The van der Waals surface area contributed by atoms with Crippen molar-refractivity contribution in [1.82, 2.24) is 0 Å². The zero-order valence-electron chi connectivity index (χ0n) is 9.28. The largest absolute Gasteiger partial charge is 0.389 e. The van der Waals surface area contributed by atoms with Gasteiger partial charge in [-0.25, -0.2) is 4.39 Å². The number of benzene rings is 2. The lowest BCUT2D eigenvalue weighted by atomic mass is 10.2. The molecule has 0 saturated heterocycles. The molecule has 2 rings (SSSR count). The molecule has 0 aliphatic rings. The van der Waals surface area contributed by atoms with Gasteiger partial charge in [0.25, 0.3) is 0 Å². The van der Waals surface area contributed by atoms with Crippen LogP contribution >= 0.6 is 28.1 Å². The van der Waals surface area contributed by atoms with E-state index >= 15 is 0 Å². The lowest BCUT2D eigenvalue weighted by Gasteiger charge is -2.09. The summed E-state index contributed by atoms with van der Waals surface area (Å²) in [6, 6.07) is 11.7. The Labute approximate surface area is 118 Å². The van der Waals surface area contributed by atoms with Gasteiger partial charge in [0.1, 0.15) is 10.8 Å². The highest BCUT2D eigenvalue weighted by Gasteiger charge is 2.03. The Kier molecular flexibility index (Phi) is 3.93. The first-order valence-electron chi connectivity index (χ1n) is 5.18. The van der Waals surface area contributed by atoms with Crippen molar-refractivity contribution in [3.05, 3.63) is 58.3 Å². The van der Waals surface area contributed by atoms with Crippen LogP contribution in [0.1, 0.15) is 5.56 Å². The van der Waals surface area contributed by atoms with E-state index in [1.54, 1.807) is 12.1 Å². The number of thiocarbonyl (C=S) groups is 1. The van der Waals surface area contributed by atoms with Gasteiger partial charge in [0.2, 0.25) is 0 Å². The van der Waals surface area contributed by atoms with Crippen molar-refractivity contribution in [3.63, 3.8) is 0 Å². The van der Waals surface area contributed by atoms with E-state index in [1.807, 2.05) is 18.2 Å². The summed E-state index contributed by atoms with van der Waals surface area (Å²) in [5.74, 6) is -0.261. The molecular formula is C13H10BrFN2S. The molecule has 2 aromatic rings. The zero-order valence-corrected chi connectivity index (χ0v) is 11.7. The molecule has 2 aromatic carbocycles. The molecule has 0 unspecified atom stereocenters. The van der Waals surface area contributed by atoms with Crippen LogP contribution in [0.15, 0.2) is 46.9 Å². The highest BCUT2D eigenvalue weighted by Crippen LogP contribution is 2.27. The Morgan fingerprint density at radius 2 is 1.83 bits per heavy atom. The average Bonchev–Trinajstić information content (AvgIpc) is 2.34. The Balaban J connectivity index is 2.24. The molecular weight excluding hydrogens is 315 g/mol. The van der Waals surface area contributed by atoms with Crippen LogP contribution in [0.2, 0.25) is 0 Å². The first-order valence-corrected chi connectivity index (χ1v) is 6.38. The zero-order chi connectivity index (χ0) is 13.1. The molecule has 0 bridgehead atoms. The normalized spacial score (nSPS) is 10.1.